The van der Waals surface area contributed by atoms with E-state index in [9.17, 15) is 9.00 Å². The van der Waals surface area contributed by atoms with E-state index in [4.69, 9.17) is 5.26 Å². The number of nitriles is 1. The molecule has 2 amide bonds. The molecule has 2 atom stereocenters. The number of fused-ring (bicyclic) bond motifs is 3. The van der Waals surface area contributed by atoms with E-state index < -0.39 is 15.9 Å². The Morgan fingerprint density at radius 2 is 1.84 bits per heavy atom. The van der Waals surface area contributed by atoms with E-state index in [1.165, 1.54) is 33.2 Å². The minimum Gasteiger partial charge on any atom is -0.307 e. The first-order chi connectivity index (χ1) is 15.6. The number of urea groups is 1. The Bertz CT molecular complexity index is 1250. The maximum Gasteiger partial charge on any atom is 0.331 e. The molecule has 0 aromatic heterocycles. The zero-order valence-electron chi connectivity index (χ0n) is 17.7. The van der Waals surface area contributed by atoms with Gasteiger partial charge in [0, 0.05) is 17.6 Å². The molecule has 0 bridgehead atoms. The van der Waals surface area contributed by atoms with Crippen LogP contribution in [0.1, 0.15) is 52.3 Å². The SMILES string of the molecule is N#CN=S(=O)(/C=C/C1NCc2ccccc21)NC(=O)Nc1c2c(cc3c1CCC3)CCC2. The van der Waals surface area contributed by atoms with Crippen LogP contribution in [-0.4, -0.2) is 10.2 Å². The van der Waals surface area contributed by atoms with Gasteiger partial charge in [0.1, 0.15) is 0 Å². The lowest BCUT2D eigenvalue weighted by atomic mass is 9.99. The topological polar surface area (TPSA) is 106 Å². The van der Waals surface area contributed by atoms with Gasteiger partial charge >= 0.3 is 6.03 Å². The Balaban J connectivity index is 1.37. The van der Waals surface area contributed by atoms with Crippen LogP contribution in [-0.2, 0) is 42.1 Å². The van der Waals surface area contributed by atoms with Crippen molar-refractivity contribution in [3.05, 3.63) is 75.2 Å². The van der Waals surface area contributed by atoms with Gasteiger partial charge in [-0.3, -0.25) is 0 Å². The maximum atomic E-state index is 13.2. The number of nitrogens with zero attached hydrogens (tertiary/aromatic N) is 2. The quantitative estimate of drug-likeness (QED) is 0.616. The van der Waals surface area contributed by atoms with Gasteiger partial charge in [0.05, 0.1) is 6.04 Å². The summed E-state index contributed by atoms with van der Waals surface area (Å²) >= 11 is 0. The molecule has 2 unspecified atom stereocenters. The number of rotatable bonds is 4. The van der Waals surface area contributed by atoms with Gasteiger partial charge in [-0.15, -0.1) is 0 Å². The molecule has 0 fully saturated rings. The van der Waals surface area contributed by atoms with Gasteiger partial charge in [-0.25, -0.2) is 13.7 Å². The molecule has 0 spiro atoms. The minimum atomic E-state index is -3.40. The summed E-state index contributed by atoms with van der Waals surface area (Å²) in [7, 11) is -3.40. The molecule has 3 aliphatic rings. The van der Waals surface area contributed by atoms with Gasteiger partial charge in [0.15, 0.2) is 9.92 Å². The number of benzene rings is 2. The van der Waals surface area contributed by atoms with E-state index in [-0.39, 0.29) is 6.04 Å². The van der Waals surface area contributed by atoms with Crippen molar-refractivity contribution >= 4 is 21.6 Å². The van der Waals surface area contributed by atoms with Crippen LogP contribution in [0.2, 0.25) is 0 Å². The lowest BCUT2D eigenvalue weighted by molar-refractivity contribution is 0.257. The normalized spacial score (nSPS) is 20.2. The van der Waals surface area contributed by atoms with E-state index in [1.807, 2.05) is 24.3 Å². The first kappa shape index (κ1) is 20.7. The van der Waals surface area contributed by atoms with Crippen LogP contribution >= 0.6 is 0 Å². The molecule has 3 N–H and O–H groups in total. The van der Waals surface area contributed by atoms with Crippen LogP contribution in [0.15, 0.2) is 46.2 Å². The Hall–Kier alpha value is -3.15. The number of aryl methyl sites for hydroxylation is 2. The highest BCUT2D eigenvalue weighted by Gasteiger charge is 2.26. The monoisotopic (exact) mass is 447 g/mol. The highest BCUT2D eigenvalue weighted by Crippen LogP contribution is 2.38. The highest BCUT2D eigenvalue weighted by molar-refractivity contribution is 7.95. The van der Waals surface area contributed by atoms with Crippen LogP contribution in [0, 0.1) is 11.5 Å². The largest absolute Gasteiger partial charge is 0.331 e. The molecule has 0 radical (unpaired) electrons. The molecule has 2 aromatic rings. The predicted molar refractivity (Wildman–Crippen MR) is 124 cm³/mol. The minimum absolute atomic E-state index is 0.147. The molecule has 0 saturated heterocycles. The van der Waals surface area contributed by atoms with Crippen molar-refractivity contribution in [3.63, 3.8) is 0 Å². The summed E-state index contributed by atoms with van der Waals surface area (Å²) in [5, 5.41) is 16.7. The predicted octanol–water partition coefficient (Wildman–Crippen LogP) is 4.01. The van der Waals surface area contributed by atoms with Crippen LogP contribution in [0.25, 0.3) is 0 Å². The number of hydrogen-bond donors (Lipinski definition) is 3. The van der Waals surface area contributed by atoms with Crippen molar-refractivity contribution in [3.8, 4) is 6.19 Å². The van der Waals surface area contributed by atoms with E-state index in [2.05, 4.69) is 25.8 Å². The van der Waals surface area contributed by atoms with Crippen molar-refractivity contribution < 1.29 is 9.00 Å². The molecule has 2 aromatic carbocycles. The zero-order chi connectivity index (χ0) is 22.1. The van der Waals surface area contributed by atoms with Crippen molar-refractivity contribution in [1.82, 2.24) is 10.0 Å². The number of carbonyl (C=O) groups is 1. The van der Waals surface area contributed by atoms with E-state index in [0.717, 1.165) is 49.8 Å². The number of nitrogens with one attached hydrogen (secondary N) is 3. The van der Waals surface area contributed by atoms with Crippen molar-refractivity contribution in [1.29, 1.82) is 5.26 Å². The third-order valence-electron chi connectivity index (χ3n) is 6.48. The van der Waals surface area contributed by atoms with Crippen LogP contribution < -0.4 is 15.4 Å². The van der Waals surface area contributed by atoms with Gasteiger partial charge < -0.3 is 10.6 Å². The summed E-state index contributed by atoms with van der Waals surface area (Å²) in [6.45, 7) is 0.708. The van der Waals surface area contributed by atoms with Gasteiger partial charge in [0.2, 0.25) is 6.19 Å². The average molecular weight is 448 g/mol. The summed E-state index contributed by atoms with van der Waals surface area (Å²) in [6.07, 6.45) is 9.36. The molecule has 2 aliphatic carbocycles. The molecule has 32 heavy (non-hydrogen) atoms. The summed E-state index contributed by atoms with van der Waals surface area (Å²) in [4.78, 5) is 12.9. The Labute approximate surface area is 188 Å². The fourth-order valence-electron chi connectivity index (χ4n) is 5.07. The Kier molecular flexibility index (Phi) is 5.45. The number of carbonyl (C=O) groups excluding carboxylic acids is 1. The van der Waals surface area contributed by atoms with Crippen LogP contribution in [0.5, 0.6) is 0 Å². The molecule has 1 aliphatic heterocycles. The molecule has 0 saturated carbocycles. The standard InChI is InChI=1S/C24H25N5O2S/c25-15-27-32(31,12-11-22-19-8-2-1-5-18(19)14-26-22)29-24(30)28-23-20-9-3-6-16(20)13-17-7-4-10-21(17)23/h1-2,5,8,11-13,22,26H,3-4,6-7,9-10,14H2,(H2,27,28,29,30,31)/b12-11+. The first-order valence-corrected chi connectivity index (χ1v) is 12.5. The van der Waals surface area contributed by atoms with Crippen molar-refractivity contribution in [2.75, 3.05) is 5.32 Å². The smallest absolute Gasteiger partial charge is 0.307 e. The van der Waals surface area contributed by atoms with Gasteiger partial charge in [-0.2, -0.15) is 5.26 Å². The van der Waals surface area contributed by atoms with Gasteiger partial charge in [-0.1, -0.05) is 40.8 Å². The molecule has 7 nitrogen and oxygen atoms in total. The van der Waals surface area contributed by atoms with E-state index in [0.29, 0.717) is 6.54 Å². The number of anilines is 1. The molecule has 5 rings (SSSR count). The summed E-state index contributed by atoms with van der Waals surface area (Å²) in [5.74, 6) is 0. The third kappa shape index (κ3) is 3.90. The fraction of sp³-hybridized carbons (Fsp3) is 0.333. The Morgan fingerprint density at radius 1 is 1.12 bits per heavy atom. The maximum absolute atomic E-state index is 13.2. The second kappa shape index (κ2) is 8.41. The summed E-state index contributed by atoms with van der Waals surface area (Å²) < 4.78 is 19.2. The summed E-state index contributed by atoms with van der Waals surface area (Å²) in [5.41, 5.74) is 8.09. The molecular formula is C24H25N5O2S. The summed E-state index contributed by atoms with van der Waals surface area (Å²) in [6, 6.07) is 9.51. The van der Waals surface area contributed by atoms with Crippen LogP contribution in [0.4, 0.5) is 10.5 Å². The van der Waals surface area contributed by atoms with Gasteiger partial charge in [0.25, 0.3) is 0 Å². The van der Waals surface area contributed by atoms with Gasteiger partial charge in [-0.05, 0) is 71.9 Å². The lowest BCUT2D eigenvalue weighted by Gasteiger charge is -2.17. The third-order valence-corrected chi connectivity index (χ3v) is 7.84. The second-order valence-electron chi connectivity index (χ2n) is 8.44. The fourth-order valence-corrected chi connectivity index (χ4v) is 6.05. The number of hydrogen-bond acceptors (Lipinski definition) is 5. The molecular weight excluding hydrogens is 422 g/mol. The van der Waals surface area contributed by atoms with Crippen molar-refractivity contribution in [2.45, 2.75) is 51.1 Å². The second-order valence-corrected chi connectivity index (χ2v) is 10.2. The molecule has 8 heteroatoms. The zero-order valence-corrected chi connectivity index (χ0v) is 18.5. The van der Waals surface area contributed by atoms with E-state index in [1.54, 1.807) is 12.3 Å². The van der Waals surface area contributed by atoms with Crippen molar-refractivity contribution in [2.24, 2.45) is 4.36 Å². The first-order valence-electron chi connectivity index (χ1n) is 11.0. The average Bonchev–Trinajstić information content (AvgIpc) is 3.51. The highest BCUT2D eigenvalue weighted by atomic mass is 32.2. The Morgan fingerprint density at radius 3 is 2.56 bits per heavy atom. The van der Waals surface area contributed by atoms with E-state index >= 15 is 0 Å². The van der Waals surface area contributed by atoms with Crippen LogP contribution in [0.3, 0.4) is 0 Å². The number of amides is 2. The molecule has 1 heterocycles. The lowest BCUT2D eigenvalue weighted by Crippen LogP contribution is -2.33. The molecule has 164 valence electrons.